The van der Waals surface area contributed by atoms with Crippen LogP contribution in [0.15, 0.2) is 12.4 Å². The fraction of sp³-hybridized carbons (Fsp3) is 0.545. The Hall–Kier alpha value is -1.89. The second-order valence-corrected chi connectivity index (χ2v) is 3.95. The molecule has 1 aromatic heterocycles. The average molecular weight is 253 g/mol. The van der Waals surface area contributed by atoms with Crippen LogP contribution in [0.3, 0.4) is 0 Å². The molecule has 18 heavy (non-hydrogen) atoms. The number of anilines is 2. The smallest absolute Gasteiger partial charge is 0.325 e. The molecular weight excluding hydrogens is 234 g/mol. The van der Waals surface area contributed by atoms with Gasteiger partial charge in [0.25, 0.3) is 0 Å². The second kappa shape index (κ2) is 7.44. The summed E-state index contributed by atoms with van der Waals surface area (Å²) >= 11 is 0. The number of nitrogens with one attached hydrogen (secondary N) is 2. The van der Waals surface area contributed by atoms with Crippen molar-refractivity contribution in [3.05, 3.63) is 12.4 Å². The molecule has 0 saturated heterocycles. The van der Waals surface area contributed by atoms with E-state index in [-0.39, 0.29) is 12.5 Å². The van der Waals surface area contributed by atoms with Gasteiger partial charge < -0.3 is 20.3 Å². The van der Waals surface area contributed by atoms with E-state index >= 15 is 0 Å². The molecular formula is C11H19N5O2. The maximum absolute atomic E-state index is 11.0. The van der Waals surface area contributed by atoms with Crippen LogP contribution >= 0.6 is 0 Å². The zero-order valence-corrected chi connectivity index (χ0v) is 10.9. The van der Waals surface area contributed by atoms with E-state index in [2.05, 4.69) is 30.2 Å². The molecule has 0 unspecified atom stereocenters. The minimum Gasteiger partial charge on any atom is -0.468 e. The van der Waals surface area contributed by atoms with Crippen molar-refractivity contribution in [3.63, 3.8) is 0 Å². The van der Waals surface area contributed by atoms with Gasteiger partial charge in [0.05, 0.1) is 7.11 Å². The summed E-state index contributed by atoms with van der Waals surface area (Å²) in [6.45, 7) is 1.79. The van der Waals surface area contributed by atoms with Crippen molar-refractivity contribution in [2.24, 2.45) is 0 Å². The Labute approximate surface area is 107 Å². The Kier molecular flexibility index (Phi) is 5.86. The Morgan fingerprint density at radius 2 is 2.00 bits per heavy atom. The number of methoxy groups -OCH3 is 1. The fourth-order valence-electron chi connectivity index (χ4n) is 1.19. The fourth-order valence-corrected chi connectivity index (χ4v) is 1.19. The number of hydrogen-bond donors (Lipinski definition) is 2. The first-order chi connectivity index (χ1) is 8.61. The Morgan fingerprint density at radius 3 is 2.61 bits per heavy atom. The van der Waals surface area contributed by atoms with Gasteiger partial charge in [0.1, 0.15) is 24.5 Å². The van der Waals surface area contributed by atoms with Crippen LogP contribution < -0.4 is 10.6 Å². The van der Waals surface area contributed by atoms with Crippen LogP contribution in [-0.4, -0.2) is 61.7 Å². The molecule has 0 aliphatic heterocycles. The average Bonchev–Trinajstić information content (AvgIpc) is 2.36. The van der Waals surface area contributed by atoms with Crippen LogP contribution in [0.1, 0.15) is 0 Å². The largest absolute Gasteiger partial charge is 0.468 e. The van der Waals surface area contributed by atoms with E-state index in [4.69, 9.17) is 0 Å². The first kappa shape index (κ1) is 14.2. The van der Waals surface area contributed by atoms with Crippen molar-refractivity contribution in [1.82, 2.24) is 14.9 Å². The van der Waals surface area contributed by atoms with Gasteiger partial charge in [0, 0.05) is 19.2 Å². The lowest BCUT2D eigenvalue weighted by molar-refractivity contribution is -0.138. The van der Waals surface area contributed by atoms with E-state index in [9.17, 15) is 4.79 Å². The number of rotatable bonds is 7. The highest BCUT2D eigenvalue weighted by atomic mass is 16.5. The first-order valence-electron chi connectivity index (χ1n) is 5.63. The number of carbonyl (C=O) groups is 1. The van der Waals surface area contributed by atoms with E-state index in [1.165, 1.54) is 13.4 Å². The van der Waals surface area contributed by atoms with Crippen LogP contribution in [0.25, 0.3) is 0 Å². The van der Waals surface area contributed by atoms with Crippen LogP contribution in [0, 0.1) is 0 Å². The Bertz CT molecular complexity index is 383. The molecule has 0 bridgehead atoms. The summed E-state index contributed by atoms with van der Waals surface area (Å²) in [6.07, 6.45) is 1.44. The van der Waals surface area contributed by atoms with Gasteiger partial charge in [0.15, 0.2) is 0 Å². The predicted molar refractivity (Wildman–Crippen MR) is 69.6 cm³/mol. The summed E-state index contributed by atoms with van der Waals surface area (Å²) < 4.78 is 4.53. The third kappa shape index (κ3) is 5.44. The molecule has 0 atom stereocenters. The van der Waals surface area contributed by atoms with Crippen LogP contribution in [0.4, 0.5) is 11.6 Å². The van der Waals surface area contributed by atoms with E-state index in [0.29, 0.717) is 5.82 Å². The number of nitrogens with zero attached hydrogens (tertiary/aromatic N) is 3. The molecule has 0 radical (unpaired) electrons. The molecule has 0 spiro atoms. The summed E-state index contributed by atoms with van der Waals surface area (Å²) in [5.41, 5.74) is 0. The summed E-state index contributed by atoms with van der Waals surface area (Å²) in [4.78, 5) is 21.1. The van der Waals surface area contributed by atoms with Crippen molar-refractivity contribution in [3.8, 4) is 0 Å². The second-order valence-electron chi connectivity index (χ2n) is 3.95. The SMILES string of the molecule is COC(=O)CNc1cc(NCCN(C)C)ncn1. The normalized spacial score (nSPS) is 10.2. The summed E-state index contributed by atoms with van der Waals surface area (Å²) in [7, 11) is 5.36. The van der Waals surface area contributed by atoms with Gasteiger partial charge in [-0.25, -0.2) is 9.97 Å². The van der Waals surface area contributed by atoms with E-state index < -0.39 is 0 Å². The maximum Gasteiger partial charge on any atom is 0.325 e. The lowest BCUT2D eigenvalue weighted by atomic mass is 10.4. The summed E-state index contributed by atoms with van der Waals surface area (Å²) in [6, 6.07) is 1.75. The highest BCUT2D eigenvalue weighted by molar-refractivity contribution is 5.74. The Balaban J connectivity index is 2.43. The number of hydrogen-bond acceptors (Lipinski definition) is 7. The highest BCUT2D eigenvalue weighted by Crippen LogP contribution is 2.07. The molecule has 0 aliphatic rings. The van der Waals surface area contributed by atoms with E-state index in [1.807, 2.05) is 14.1 Å². The molecule has 0 saturated carbocycles. The first-order valence-corrected chi connectivity index (χ1v) is 5.63. The lowest BCUT2D eigenvalue weighted by Crippen LogP contribution is -2.21. The van der Waals surface area contributed by atoms with Gasteiger partial charge in [-0.1, -0.05) is 0 Å². The topological polar surface area (TPSA) is 79.4 Å². The highest BCUT2D eigenvalue weighted by Gasteiger charge is 2.02. The van der Waals surface area contributed by atoms with Gasteiger partial charge in [-0.2, -0.15) is 0 Å². The van der Waals surface area contributed by atoms with Crippen LogP contribution in [0.5, 0.6) is 0 Å². The summed E-state index contributed by atoms with van der Waals surface area (Å²) in [5, 5.41) is 6.03. The standard InChI is InChI=1S/C11H19N5O2/c1-16(2)5-4-12-9-6-10(15-8-14-9)13-7-11(17)18-3/h6,8H,4-5,7H2,1-3H3,(H2,12,13,14,15). The number of likely N-dealkylation sites (N-methyl/N-ethyl adjacent to an activating group) is 1. The monoisotopic (exact) mass is 253 g/mol. The van der Waals surface area contributed by atoms with Crippen molar-refractivity contribution in [1.29, 1.82) is 0 Å². The van der Waals surface area contributed by atoms with Gasteiger partial charge in [-0.05, 0) is 14.1 Å². The van der Waals surface area contributed by atoms with Crippen molar-refractivity contribution >= 4 is 17.6 Å². The van der Waals surface area contributed by atoms with Gasteiger partial charge in [-0.3, -0.25) is 4.79 Å². The maximum atomic E-state index is 11.0. The molecule has 7 heteroatoms. The minimum atomic E-state index is -0.337. The van der Waals surface area contributed by atoms with Gasteiger partial charge >= 0.3 is 5.97 Å². The molecule has 1 rings (SSSR count). The minimum absolute atomic E-state index is 0.0879. The molecule has 0 amide bonds. The molecule has 0 aromatic carbocycles. The molecule has 1 heterocycles. The Morgan fingerprint density at radius 1 is 1.33 bits per heavy atom. The van der Waals surface area contributed by atoms with E-state index in [0.717, 1.165) is 18.9 Å². The number of esters is 1. The number of ether oxygens (including phenoxy) is 1. The van der Waals surface area contributed by atoms with Gasteiger partial charge in [-0.15, -0.1) is 0 Å². The van der Waals surface area contributed by atoms with Crippen molar-refractivity contribution in [2.45, 2.75) is 0 Å². The third-order valence-electron chi connectivity index (χ3n) is 2.17. The summed E-state index contributed by atoms with van der Waals surface area (Å²) in [5.74, 6) is 0.970. The molecule has 0 fully saturated rings. The van der Waals surface area contributed by atoms with E-state index in [1.54, 1.807) is 6.07 Å². The zero-order valence-electron chi connectivity index (χ0n) is 10.9. The zero-order chi connectivity index (χ0) is 13.4. The predicted octanol–water partition coefficient (Wildman–Crippen LogP) is 0.0350. The van der Waals surface area contributed by atoms with Crippen LogP contribution in [0.2, 0.25) is 0 Å². The number of aromatic nitrogens is 2. The third-order valence-corrected chi connectivity index (χ3v) is 2.17. The number of carbonyl (C=O) groups excluding carboxylic acids is 1. The molecule has 1 aromatic rings. The van der Waals surface area contributed by atoms with Crippen LogP contribution in [-0.2, 0) is 9.53 Å². The molecule has 7 nitrogen and oxygen atoms in total. The quantitative estimate of drug-likeness (QED) is 0.664. The molecule has 2 N–H and O–H groups in total. The van der Waals surface area contributed by atoms with Crippen molar-refractivity contribution < 1.29 is 9.53 Å². The van der Waals surface area contributed by atoms with Gasteiger partial charge in [0.2, 0.25) is 0 Å². The molecule has 100 valence electrons. The lowest BCUT2D eigenvalue weighted by Gasteiger charge is -2.11. The van der Waals surface area contributed by atoms with Crippen molar-refractivity contribution in [2.75, 3.05) is 51.5 Å². The molecule has 0 aliphatic carbocycles.